The van der Waals surface area contributed by atoms with Crippen molar-refractivity contribution >= 4 is 33.2 Å². The third kappa shape index (κ3) is 3.32. The summed E-state index contributed by atoms with van der Waals surface area (Å²) in [5.41, 5.74) is 2.62. The van der Waals surface area contributed by atoms with Gasteiger partial charge in [0.25, 0.3) is 5.91 Å². The average Bonchev–Trinajstić information content (AvgIpc) is 2.99. The molecule has 0 bridgehead atoms. The van der Waals surface area contributed by atoms with E-state index in [1.54, 1.807) is 36.8 Å². The van der Waals surface area contributed by atoms with Gasteiger partial charge in [0.15, 0.2) is 11.5 Å². The van der Waals surface area contributed by atoms with Crippen molar-refractivity contribution in [1.29, 1.82) is 0 Å². The van der Waals surface area contributed by atoms with Crippen molar-refractivity contribution < 1.29 is 14.3 Å². The van der Waals surface area contributed by atoms with E-state index in [-0.39, 0.29) is 5.91 Å². The van der Waals surface area contributed by atoms with Gasteiger partial charge in [0, 0.05) is 22.4 Å². The Bertz CT molecular complexity index is 937. The van der Waals surface area contributed by atoms with Gasteiger partial charge in [-0.1, -0.05) is 6.92 Å². The molecule has 0 aliphatic heterocycles. The number of ether oxygens (including phenoxy) is 2. The normalized spacial score (nSPS) is 10.7. The van der Waals surface area contributed by atoms with Gasteiger partial charge in [-0.25, -0.2) is 4.98 Å². The van der Waals surface area contributed by atoms with Gasteiger partial charge >= 0.3 is 0 Å². The summed E-state index contributed by atoms with van der Waals surface area (Å²) >= 11 is 3.44. The number of methoxy groups -OCH3 is 2. The first-order valence-corrected chi connectivity index (χ1v) is 8.56. The molecule has 130 valence electrons. The number of hydrogen-bond acceptors (Lipinski definition) is 4. The van der Waals surface area contributed by atoms with Crippen molar-refractivity contribution in [3.63, 3.8) is 0 Å². The number of amides is 1. The molecule has 1 N–H and O–H groups in total. The van der Waals surface area contributed by atoms with Crippen LogP contribution >= 0.6 is 15.9 Å². The number of nitrogens with zero attached hydrogens (tertiary/aromatic N) is 2. The number of aromatic nitrogens is 2. The third-order valence-corrected chi connectivity index (χ3v) is 4.32. The van der Waals surface area contributed by atoms with Crippen molar-refractivity contribution in [3.05, 3.63) is 52.4 Å². The fourth-order valence-corrected chi connectivity index (χ4v) is 3.00. The Balaban J connectivity index is 1.99. The molecule has 1 amide bonds. The molecule has 0 aliphatic carbocycles. The topological polar surface area (TPSA) is 64.9 Å². The lowest BCUT2D eigenvalue weighted by molar-refractivity contribution is 0.102. The van der Waals surface area contributed by atoms with Crippen molar-refractivity contribution in [1.82, 2.24) is 9.38 Å². The van der Waals surface area contributed by atoms with E-state index in [9.17, 15) is 4.79 Å². The number of halogens is 1. The van der Waals surface area contributed by atoms with E-state index in [2.05, 4.69) is 26.2 Å². The number of pyridine rings is 1. The molecule has 25 heavy (non-hydrogen) atoms. The summed E-state index contributed by atoms with van der Waals surface area (Å²) in [6, 6.07) is 9.01. The highest BCUT2D eigenvalue weighted by molar-refractivity contribution is 9.10. The molecular formula is C18H18BrN3O3. The quantitative estimate of drug-likeness (QED) is 0.700. The van der Waals surface area contributed by atoms with Gasteiger partial charge in [-0.3, -0.25) is 9.20 Å². The highest BCUT2D eigenvalue weighted by Crippen LogP contribution is 2.30. The smallest absolute Gasteiger partial charge is 0.274 e. The summed E-state index contributed by atoms with van der Waals surface area (Å²) in [4.78, 5) is 17.4. The summed E-state index contributed by atoms with van der Waals surface area (Å²) in [6.45, 7) is 1.98. The molecule has 0 spiro atoms. The Morgan fingerprint density at radius 1 is 1.20 bits per heavy atom. The fraction of sp³-hybridized carbons (Fsp3) is 0.222. The van der Waals surface area contributed by atoms with Gasteiger partial charge in [-0.05, 0) is 46.6 Å². The molecule has 0 saturated carbocycles. The fourth-order valence-electron chi connectivity index (χ4n) is 2.66. The lowest BCUT2D eigenvalue weighted by Crippen LogP contribution is -2.16. The second kappa shape index (κ2) is 7.14. The molecule has 1 aromatic carbocycles. The summed E-state index contributed by atoms with van der Waals surface area (Å²) < 4.78 is 13.2. The second-order valence-corrected chi connectivity index (χ2v) is 6.28. The van der Waals surface area contributed by atoms with Crippen LogP contribution in [0.5, 0.6) is 11.5 Å². The van der Waals surface area contributed by atoms with Gasteiger partial charge in [-0.2, -0.15) is 0 Å². The SMILES string of the molecule is CCc1nc2ccc(Br)cn2c1C(=O)Nc1ccc(OC)c(OC)c1. The zero-order valence-corrected chi connectivity index (χ0v) is 15.8. The first kappa shape index (κ1) is 17.3. The van der Waals surface area contributed by atoms with Crippen LogP contribution in [0, 0.1) is 0 Å². The molecule has 0 unspecified atom stereocenters. The highest BCUT2D eigenvalue weighted by atomic mass is 79.9. The number of rotatable bonds is 5. The van der Waals surface area contributed by atoms with Crippen LogP contribution in [0.15, 0.2) is 41.0 Å². The second-order valence-electron chi connectivity index (χ2n) is 5.36. The number of carbonyl (C=O) groups excluding carboxylic acids is 1. The zero-order chi connectivity index (χ0) is 18.0. The maximum absolute atomic E-state index is 12.9. The number of imidazole rings is 1. The van der Waals surface area contributed by atoms with Gasteiger partial charge in [0.2, 0.25) is 0 Å². The largest absolute Gasteiger partial charge is 0.493 e. The Morgan fingerprint density at radius 3 is 2.64 bits per heavy atom. The standard InChI is InChI=1S/C18H18BrN3O3/c1-4-13-17(22-10-11(19)5-8-16(22)21-13)18(23)20-12-6-7-14(24-2)15(9-12)25-3/h5-10H,4H2,1-3H3,(H,20,23). The minimum Gasteiger partial charge on any atom is -0.493 e. The lowest BCUT2D eigenvalue weighted by Gasteiger charge is -2.11. The van der Waals surface area contributed by atoms with E-state index < -0.39 is 0 Å². The number of nitrogens with one attached hydrogen (secondary N) is 1. The predicted octanol–water partition coefficient (Wildman–Crippen LogP) is 3.93. The Morgan fingerprint density at radius 2 is 1.96 bits per heavy atom. The molecular weight excluding hydrogens is 386 g/mol. The number of benzene rings is 1. The number of fused-ring (bicyclic) bond motifs is 1. The maximum Gasteiger partial charge on any atom is 0.274 e. The highest BCUT2D eigenvalue weighted by Gasteiger charge is 2.19. The third-order valence-electron chi connectivity index (χ3n) is 3.85. The number of aryl methyl sites for hydroxylation is 1. The Kier molecular flexibility index (Phi) is 4.94. The van der Waals surface area contributed by atoms with Crippen molar-refractivity contribution in [3.8, 4) is 11.5 Å². The molecule has 3 rings (SSSR count). The maximum atomic E-state index is 12.9. The van der Waals surface area contributed by atoms with Crippen LogP contribution in [0.4, 0.5) is 5.69 Å². The van der Waals surface area contributed by atoms with E-state index in [0.717, 1.165) is 15.8 Å². The zero-order valence-electron chi connectivity index (χ0n) is 14.2. The molecule has 7 heteroatoms. The molecule has 3 aromatic rings. The summed E-state index contributed by atoms with van der Waals surface area (Å²) in [6.07, 6.45) is 2.50. The monoisotopic (exact) mass is 403 g/mol. The van der Waals surface area contributed by atoms with Gasteiger partial charge in [0.1, 0.15) is 11.3 Å². The lowest BCUT2D eigenvalue weighted by atomic mass is 10.2. The molecule has 6 nitrogen and oxygen atoms in total. The minimum atomic E-state index is -0.227. The van der Waals surface area contributed by atoms with Gasteiger partial charge in [-0.15, -0.1) is 0 Å². The van der Waals surface area contributed by atoms with Crippen LogP contribution in [-0.4, -0.2) is 29.5 Å². The van der Waals surface area contributed by atoms with Crippen LogP contribution < -0.4 is 14.8 Å². The number of anilines is 1. The average molecular weight is 404 g/mol. The molecule has 0 saturated heterocycles. The predicted molar refractivity (Wildman–Crippen MR) is 99.8 cm³/mol. The first-order chi connectivity index (χ1) is 12.1. The number of carbonyl (C=O) groups is 1. The molecule has 2 heterocycles. The van der Waals surface area contributed by atoms with E-state index in [1.807, 2.05) is 25.3 Å². The molecule has 0 fully saturated rings. The van der Waals surface area contributed by atoms with Crippen LogP contribution in [-0.2, 0) is 6.42 Å². The van der Waals surface area contributed by atoms with Crippen LogP contribution in [0.25, 0.3) is 5.65 Å². The van der Waals surface area contributed by atoms with E-state index in [1.165, 1.54) is 0 Å². The van der Waals surface area contributed by atoms with E-state index in [0.29, 0.717) is 29.3 Å². The minimum absolute atomic E-state index is 0.227. The van der Waals surface area contributed by atoms with Crippen LogP contribution in [0.3, 0.4) is 0 Å². The van der Waals surface area contributed by atoms with Crippen molar-refractivity contribution in [2.24, 2.45) is 0 Å². The van der Waals surface area contributed by atoms with Crippen molar-refractivity contribution in [2.75, 3.05) is 19.5 Å². The summed E-state index contributed by atoms with van der Waals surface area (Å²) in [5, 5.41) is 2.91. The van der Waals surface area contributed by atoms with E-state index >= 15 is 0 Å². The molecule has 0 aliphatic rings. The van der Waals surface area contributed by atoms with Crippen LogP contribution in [0.2, 0.25) is 0 Å². The summed E-state index contributed by atoms with van der Waals surface area (Å²) in [5.74, 6) is 0.931. The van der Waals surface area contributed by atoms with Crippen molar-refractivity contribution in [2.45, 2.75) is 13.3 Å². The number of hydrogen-bond donors (Lipinski definition) is 1. The molecule has 2 aromatic heterocycles. The van der Waals surface area contributed by atoms with Crippen LogP contribution in [0.1, 0.15) is 23.1 Å². The van der Waals surface area contributed by atoms with E-state index in [4.69, 9.17) is 9.47 Å². The Labute approximate surface area is 153 Å². The first-order valence-electron chi connectivity index (χ1n) is 7.77. The van der Waals surface area contributed by atoms with Gasteiger partial charge < -0.3 is 14.8 Å². The summed E-state index contributed by atoms with van der Waals surface area (Å²) in [7, 11) is 3.13. The molecule has 0 atom stereocenters. The Hall–Kier alpha value is -2.54. The van der Waals surface area contributed by atoms with Gasteiger partial charge in [0.05, 0.1) is 19.9 Å². The molecule has 0 radical (unpaired) electrons.